The zero-order valence-electron chi connectivity index (χ0n) is 15.5. The van der Waals surface area contributed by atoms with Crippen LogP contribution in [0.3, 0.4) is 0 Å². The second-order valence-corrected chi connectivity index (χ2v) is 6.76. The summed E-state index contributed by atoms with van der Waals surface area (Å²) in [4.78, 5) is 0. The van der Waals surface area contributed by atoms with Crippen LogP contribution in [-0.2, 0) is 0 Å². The van der Waals surface area contributed by atoms with Gasteiger partial charge in [-0.15, -0.1) is 0 Å². The average Bonchev–Trinajstić information content (AvgIpc) is 2.57. The van der Waals surface area contributed by atoms with E-state index in [9.17, 15) is 0 Å². The molecule has 1 radical (unpaired) electrons. The zero-order valence-corrected chi connectivity index (χ0v) is 15.5. The van der Waals surface area contributed by atoms with Crippen LogP contribution < -0.4 is 4.74 Å². The zero-order chi connectivity index (χ0) is 16.6. The highest BCUT2D eigenvalue weighted by molar-refractivity contribution is 5.22. The third-order valence-corrected chi connectivity index (χ3v) is 4.42. The molecular weight excluding hydrogens is 280 g/mol. The molecule has 131 valence electrons. The maximum Gasteiger partial charge on any atom is 0.145 e. The van der Waals surface area contributed by atoms with Crippen molar-refractivity contribution in [3.8, 4) is 5.75 Å². The molecule has 1 aromatic carbocycles. The first-order valence-electron chi connectivity index (χ1n) is 9.88. The van der Waals surface area contributed by atoms with Gasteiger partial charge in [-0.3, -0.25) is 0 Å². The Morgan fingerprint density at radius 1 is 0.696 bits per heavy atom. The van der Waals surface area contributed by atoms with Gasteiger partial charge in [-0.05, 0) is 31.9 Å². The van der Waals surface area contributed by atoms with Crippen molar-refractivity contribution in [2.24, 2.45) is 0 Å². The Bertz CT molecular complexity index is 346. The summed E-state index contributed by atoms with van der Waals surface area (Å²) in [5.74, 6) is 0.962. The van der Waals surface area contributed by atoms with Gasteiger partial charge in [-0.1, -0.05) is 95.8 Å². The largest absolute Gasteiger partial charge is 0.483 e. The van der Waals surface area contributed by atoms with Crippen LogP contribution in [0.2, 0.25) is 0 Å². The Morgan fingerprint density at radius 2 is 1.17 bits per heavy atom. The predicted octanol–water partition coefficient (Wildman–Crippen LogP) is 7.71. The highest BCUT2D eigenvalue weighted by atomic mass is 16.5. The second kappa shape index (κ2) is 14.6. The van der Waals surface area contributed by atoms with Gasteiger partial charge < -0.3 is 4.74 Å². The molecule has 0 spiro atoms. The number of para-hydroxylation sites is 1. The van der Waals surface area contributed by atoms with Crippen molar-refractivity contribution in [2.75, 3.05) is 0 Å². The predicted molar refractivity (Wildman–Crippen MR) is 102 cm³/mol. The first-order chi connectivity index (χ1) is 11.3. The van der Waals surface area contributed by atoms with Gasteiger partial charge in [0.1, 0.15) is 11.9 Å². The van der Waals surface area contributed by atoms with Crippen LogP contribution in [0.5, 0.6) is 5.75 Å². The van der Waals surface area contributed by atoms with Crippen molar-refractivity contribution < 1.29 is 4.74 Å². The summed E-state index contributed by atoms with van der Waals surface area (Å²) in [6.45, 7) is 4.39. The minimum atomic E-state index is 0.962. The van der Waals surface area contributed by atoms with E-state index in [1.807, 2.05) is 30.3 Å². The summed E-state index contributed by atoms with van der Waals surface area (Å²) in [7, 11) is 0. The minimum absolute atomic E-state index is 0.962. The summed E-state index contributed by atoms with van der Waals surface area (Å²) in [5.41, 5.74) is 0. The van der Waals surface area contributed by atoms with Crippen molar-refractivity contribution in [1.29, 1.82) is 0 Å². The van der Waals surface area contributed by atoms with Crippen molar-refractivity contribution in [3.63, 3.8) is 0 Å². The van der Waals surface area contributed by atoms with Gasteiger partial charge >= 0.3 is 0 Å². The lowest BCUT2D eigenvalue weighted by Crippen LogP contribution is -2.01. The van der Waals surface area contributed by atoms with E-state index in [2.05, 4.69) is 13.8 Å². The molecule has 0 fully saturated rings. The molecule has 23 heavy (non-hydrogen) atoms. The van der Waals surface area contributed by atoms with E-state index in [0.717, 1.165) is 18.3 Å². The van der Waals surface area contributed by atoms with E-state index in [-0.39, 0.29) is 0 Å². The van der Waals surface area contributed by atoms with Crippen LogP contribution in [-0.4, -0.2) is 0 Å². The highest BCUT2D eigenvalue weighted by Gasteiger charge is 2.04. The summed E-state index contributed by atoms with van der Waals surface area (Å²) in [5, 5.41) is 0. The van der Waals surface area contributed by atoms with Crippen LogP contribution in [0, 0.1) is 6.10 Å². The number of hydrogen-bond acceptors (Lipinski definition) is 1. The molecular formula is C22H37O. The van der Waals surface area contributed by atoms with E-state index in [1.54, 1.807) is 0 Å². The van der Waals surface area contributed by atoms with E-state index in [4.69, 9.17) is 4.74 Å². The molecule has 1 heteroatoms. The Kier molecular flexibility index (Phi) is 12.7. The molecule has 0 atom stereocenters. The summed E-state index contributed by atoms with van der Waals surface area (Å²) in [6, 6.07) is 10.1. The third kappa shape index (κ3) is 12.1. The first-order valence-corrected chi connectivity index (χ1v) is 9.88. The fraction of sp³-hybridized carbons (Fsp3) is 0.682. The number of unbranched alkanes of at least 4 members (excludes halogenated alkanes) is 11. The molecule has 1 rings (SSSR count). The molecule has 0 amide bonds. The highest BCUT2D eigenvalue weighted by Crippen LogP contribution is 2.19. The lowest BCUT2D eigenvalue weighted by atomic mass is 10.0. The molecule has 0 bridgehead atoms. The van der Waals surface area contributed by atoms with Gasteiger partial charge in [0, 0.05) is 0 Å². The van der Waals surface area contributed by atoms with Gasteiger partial charge in [-0.2, -0.15) is 0 Å². The quantitative estimate of drug-likeness (QED) is 0.301. The molecule has 0 N–H and O–H groups in total. The number of rotatable bonds is 15. The summed E-state index contributed by atoms with van der Waals surface area (Å²) < 4.78 is 5.83. The van der Waals surface area contributed by atoms with Crippen LogP contribution in [0.25, 0.3) is 0 Å². The van der Waals surface area contributed by atoms with Crippen molar-refractivity contribution in [2.45, 2.75) is 97.3 Å². The number of benzene rings is 1. The molecule has 0 saturated heterocycles. The van der Waals surface area contributed by atoms with Crippen LogP contribution in [0.15, 0.2) is 30.3 Å². The molecule has 0 aromatic heterocycles. The lowest BCUT2D eigenvalue weighted by Gasteiger charge is -2.13. The number of ether oxygens (including phenoxy) is 1. The molecule has 1 nitrogen and oxygen atoms in total. The van der Waals surface area contributed by atoms with Crippen molar-refractivity contribution in [1.82, 2.24) is 0 Å². The van der Waals surface area contributed by atoms with Crippen molar-refractivity contribution >= 4 is 0 Å². The smallest absolute Gasteiger partial charge is 0.145 e. The Labute approximate surface area is 144 Å². The summed E-state index contributed by atoms with van der Waals surface area (Å²) >= 11 is 0. The fourth-order valence-corrected chi connectivity index (χ4v) is 2.96. The molecule has 0 unspecified atom stereocenters. The van der Waals surface area contributed by atoms with Gasteiger partial charge in [0.15, 0.2) is 0 Å². The maximum absolute atomic E-state index is 5.83. The molecule has 0 aliphatic carbocycles. The van der Waals surface area contributed by atoms with Crippen LogP contribution in [0.1, 0.15) is 97.3 Å². The minimum Gasteiger partial charge on any atom is -0.483 e. The standard InChI is InChI=1S/C22H37O/c1-3-4-5-6-7-8-9-10-11-12-13-15-18-21(2)23-22-19-16-14-17-20-22/h14,16-17,19-20H,3-13,15,18H2,1-2H3. The summed E-state index contributed by atoms with van der Waals surface area (Å²) in [6.07, 6.45) is 19.1. The van der Waals surface area contributed by atoms with E-state index in [1.165, 1.54) is 77.0 Å². The molecule has 0 saturated carbocycles. The Hall–Kier alpha value is -0.980. The van der Waals surface area contributed by atoms with Gasteiger partial charge in [-0.25, -0.2) is 0 Å². The average molecular weight is 318 g/mol. The number of hydrogen-bond donors (Lipinski definition) is 0. The third-order valence-electron chi connectivity index (χ3n) is 4.42. The van der Waals surface area contributed by atoms with Gasteiger partial charge in [0.2, 0.25) is 0 Å². The lowest BCUT2D eigenvalue weighted by molar-refractivity contribution is 0.311. The molecule has 0 aliphatic rings. The van der Waals surface area contributed by atoms with Gasteiger partial charge in [0.05, 0.1) is 0 Å². The van der Waals surface area contributed by atoms with Crippen molar-refractivity contribution in [3.05, 3.63) is 36.4 Å². The first kappa shape index (κ1) is 20.1. The second-order valence-electron chi connectivity index (χ2n) is 6.76. The SMILES string of the molecule is CCCCCCCCCCCCCC[C](C)Oc1ccccc1. The van der Waals surface area contributed by atoms with E-state index >= 15 is 0 Å². The van der Waals surface area contributed by atoms with Gasteiger partial charge in [0.25, 0.3) is 0 Å². The normalized spacial score (nSPS) is 11.1. The monoisotopic (exact) mass is 317 g/mol. The van der Waals surface area contributed by atoms with E-state index < -0.39 is 0 Å². The molecule has 0 heterocycles. The maximum atomic E-state index is 5.83. The van der Waals surface area contributed by atoms with E-state index in [0.29, 0.717) is 0 Å². The van der Waals surface area contributed by atoms with Crippen LogP contribution in [0.4, 0.5) is 0 Å². The molecule has 0 aliphatic heterocycles. The molecule has 1 aromatic rings. The topological polar surface area (TPSA) is 9.23 Å². The Balaban J connectivity index is 1.82. The fourth-order valence-electron chi connectivity index (χ4n) is 2.96. The van der Waals surface area contributed by atoms with Crippen LogP contribution >= 0.6 is 0 Å². The Morgan fingerprint density at radius 3 is 1.70 bits per heavy atom.